The molecule has 1 heterocycles. The van der Waals surface area contributed by atoms with Crippen LogP contribution in [0.5, 0.6) is 5.75 Å². The summed E-state index contributed by atoms with van der Waals surface area (Å²) in [6.45, 7) is 11.9. The molecule has 0 amide bonds. The van der Waals surface area contributed by atoms with Crippen LogP contribution < -0.4 is 15.8 Å². The van der Waals surface area contributed by atoms with Crippen LogP contribution in [0.3, 0.4) is 0 Å². The number of aliphatic hydroxyl groups excluding tert-OH is 1. The first kappa shape index (κ1) is 24.3. The second-order valence-electron chi connectivity index (χ2n) is 6.78. The monoisotopic (exact) mass is 413 g/mol. The molecule has 0 saturated carbocycles. The Morgan fingerprint density at radius 2 is 2.00 bits per heavy atom. The molecule has 6 heteroatoms. The van der Waals surface area contributed by atoms with Gasteiger partial charge in [-0.2, -0.15) is 5.26 Å². The fourth-order valence-electron chi connectivity index (χ4n) is 2.46. The van der Waals surface area contributed by atoms with Crippen LogP contribution >= 0.6 is 11.3 Å². The van der Waals surface area contributed by atoms with E-state index in [1.165, 1.54) is 23.3 Å². The van der Waals surface area contributed by atoms with Gasteiger partial charge in [0.25, 0.3) is 0 Å². The normalized spacial score (nSPS) is 11.9. The van der Waals surface area contributed by atoms with E-state index in [2.05, 4.69) is 44.8 Å². The molecule has 2 atom stereocenters. The molecule has 29 heavy (non-hydrogen) atoms. The molecule has 2 unspecified atom stereocenters. The molecule has 0 aliphatic carbocycles. The van der Waals surface area contributed by atoms with Crippen LogP contribution in [0.2, 0.25) is 0 Å². The summed E-state index contributed by atoms with van der Waals surface area (Å²) in [6.07, 6.45) is 4.26. The molecule has 2 aromatic rings. The zero-order chi connectivity index (χ0) is 22.0. The number of anilines is 3. The highest BCUT2D eigenvalue weighted by atomic mass is 32.1. The van der Waals surface area contributed by atoms with Crippen molar-refractivity contribution in [2.24, 2.45) is 5.92 Å². The number of hydrogen-bond donors (Lipinski definition) is 3. The highest BCUT2D eigenvalue weighted by Gasteiger charge is 2.24. The minimum Gasteiger partial charge on any atom is -0.497 e. The van der Waals surface area contributed by atoms with Crippen molar-refractivity contribution in [3.63, 3.8) is 0 Å². The third kappa shape index (κ3) is 6.97. The number of nitrogens with zero attached hydrogens (tertiary/aromatic N) is 1. The van der Waals surface area contributed by atoms with E-state index in [0.29, 0.717) is 21.1 Å². The molecule has 2 rings (SSSR count). The number of nitrogens with one attached hydrogen (secondary N) is 1. The van der Waals surface area contributed by atoms with E-state index in [1.54, 1.807) is 13.2 Å². The lowest BCUT2D eigenvalue weighted by Gasteiger charge is -2.14. The number of nitriles is 1. The third-order valence-electron chi connectivity index (χ3n) is 4.18. The van der Waals surface area contributed by atoms with Crippen LogP contribution in [0.25, 0.3) is 0 Å². The molecule has 0 aliphatic heterocycles. The summed E-state index contributed by atoms with van der Waals surface area (Å²) in [5.74, 6) is 0.592. The van der Waals surface area contributed by atoms with E-state index >= 15 is 0 Å². The number of methoxy groups -OCH3 is 1. The Morgan fingerprint density at radius 1 is 1.38 bits per heavy atom. The Labute approximate surface area is 178 Å². The third-order valence-corrected chi connectivity index (χ3v) is 5.38. The summed E-state index contributed by atoms with van der Waals surface area (Å²) in [5.41, 5.74) is 8.92. The fraction of sp³-hybridized carbons (Fsp3) is 0.348. The molecule has 4 N–H and O–H groups in total. The molecule has 156 valence electrons. The maximum absolute atomic E-state index is 10.3. The van der Waals surface area contributed by atoms with Crippen molar-refractivity contribution in [3.8, 4) is 11.8 Å². The van der Waals surface area contributed by atoms with Crippen LogP contribution in [0.1, 0.15) is 50.7 Å². The zero-order valence-corrected chi connectivity index (χ0v) is 18.6. The molecule has 5 nitrogen and oxygen atoms in total. The van der Waals surface area contributed by atoms with Gasteiger partial charge < -0.3 is 20.9 Å². The number of ether oxygens (including phenoxy) is 1. The largest absolute Gasteiger partial charge is 0.497 e. The number of nitrogens with two attached hydrogens (primary N) is 1. The van der Waals surface area contributed by atoms with Crippen molar-refractivity contribution in [2.75, 3.05) is 18.2 Å². The van der Waals surface area contributed by atoms with E-state index in [-0.39, 0.29) is 5.92 Å². The second-order valence-corrected chi connectivity index (χ2v) is 7.83. The quantitative estimate of drug-likeness (QED) is 0.472. The van der Waals surface area contributed by atoms with Gasteiger partial charge in [0.2, 0.25) is 0 Å². The molecule has 0 spiro atoms. The maximum atomic E-state index is 10.3. The molecule has 0 aliphatic rings. The van der Waals surface area contributed by atoms with Gasteiger partial charge in [0.05, 0.1) is 23.8 Å². The number of nitrogen functional groups attached to an aromatic ring is 1. The molecule has 1 aromatic carbocycles. The summed E-state index contributed by atoms with van der Waals surface area (Å²) in [6, 6.07) is 9.43. The number of hydrogen-bond acceptors (Lipinski definition) is 6. The van der Waals surface area contributed by atoms with Crippen LogP contribution in [-0.2, 0) is 0 Å². The molecule has 0 bridgehead atoms. The smallest absolute Gasteiger partial charge is 0.119 e. The molecular formula is C23H31N3O2S. The standard InChI is InChI=1S/C17H19N3O2S.C6H12/c1-4-10(2)15(21)16-14(19)13(9-18)17(23-16)20-11-5-7-12(22-3)8-6-11;1-4-5-6(2)3/h4-8,10,15,20-21H,1,19H2,2-3H3;5H,4H2,1-3H3. The van der Waals surface area contributed by atoms with Crippen LogP contribution in [0, 0.1) is 17.2 Å². The Hall–Kier alpha value is -2.75. The Morgan fingerprint density at radius 3 is 2.41 bits per heavy atom. The van der Waals surface area contributed by atoms with Crippen LogP contribution in [0.4, 0.5) is 16.4 Å². The number of allylic oxidation sites excluding steroid dienone is 2. The number of thiophene rings is 1. The minimum absolute atomic E-state index is 0.156. The van der Waals surface area contributed by atoms with E-state index < -0.39 is 6.10 Å². The number of rotatable bonds is 7. The molecule has 1 aromatic heterocycles. The predicted molar refractivity (Wildman–Crippen MR) is 124 cm³/mol. The summed E-state index contributed by atoms with van der Waals surface area (Å²) >= 11 is 1.28. The topological polar surface area (TPSA) is 91.3 Å². The molecule has 0 radical (unpaired) electrons. The summed E-state index contributed by atoms with van der Waals surface area (Å²) < 4.78 is 5.12. The molecule has 0 saturated heterocycles. The van der Waals surface area contributed by atoms with Gasteiger partial charge in [-0.25, -0.2) is 0 Å². The Bertz CT molecular complexity index is 859. The average molecular weight is 414 g/mol. The predicted octanol–water partition coefficient (Wildman–Crippen LogP) is 6.17. The zero-order valence-electron chi connectivity index (χ0n) is 17.8. The summed E-state index contributed by atoms with van der Waals surface area (Å²) in [4.78, 5) is 0.574. The highest BCUT2D eigenvalue weighted by molar-refractivity contribution is 7.17. The van der Waals surface area contributed by atoms with Crippen molar-refractivity contribution in [1.82, 2.24) is 0 Å². The molecular weight excluding hydrogens is 382 g/mol. The van der Waals surface area contributed by atoms with Gasteiger partial charge in [-0.1, -0.05) is 31.6 Å². The van der Waals surface area contributed by atoms with E-state index in [0.717, 1.165) is 11.4 Å². The van der Waals surface area contributed by atoms with Gasteiger partial charge in [0.1, 0.15) is 22.4 Å². The first-order chi connectivity index (χ1) is 13.8. The fourth-order valence-corrected chi connectivity index (χ4v) is 3.66. The highest BCUT2D eigenvalue weighted by Crippen LogP contribution is 2.42. The van der Waals surface area contributed by atoms with Gasteiger partial charge in [-0.15, -0.1) is 17.9 Å². The van der Waals surface area contributed by atoms with Gasteiger partial charge in [-0.3, -0.25) is 0 Å². The van der Waals surface area contributed by atoms with Crippen LogP contribution in [-0.4, -0.2) is 12.2 Å². The minimum atomic E-state index is -0.781. The lowest BCUT2D eigenvalue weighted by Crippen LogP contribution is -2.06. The van der Waals surface area contributed by atoms with Crippen molar-refractivity contribution in [2.45, 2.75) is 40.2 Å². The Balaban J connectivity index is 0.000000612. The van der Waals surface area contributed by atoms with E-state index in [4.69, 9.17) is 10.5 Å². The lowest BCUT2D eigenvalue weighted by atomic mass is 10.0. The van der Waals surface area contributed by atoms with Crippen molar-refractivity contribution >= 4 is 27.7 Å². The van der Waals surface area contributed by atoms with Crippen molar-refractivity contribution in [3.05, 3.63) is 59.0 Å². The average Bonchev–Trinajstić information content (AvgIpc) is 3.02. The van der Waals surface area contributed by atoms with E-state index in [9.17, 15) is 10.4 Å². The van der Waals surface area contributed by atoms with Gasteiger partial charge in [0, 0.05) is 11.6 Å². The van der Waals surface area contributed by atoms with Crippen LogP contribution in [0.15, 0.2) is 48.6 Å². The number of aliphatic hydroxyl groups is 1. The molecule has 0 fully saturated rings. The summed E-state index contributed by atoms with van der Waals surface area (Å²) in [7, 11) is 1.60. The summed E-state index contributed by atoms with van der Waals surface area (Å²) in [5, 5.41) is 23.5. The Kier molecular flexibility index (Phi) is 10.0. The van der Waals surface area contributed by atoms with Gasteiger partial charge in [-0.05, 0) is 44.5 Å². The van der Waals surface area contributed by atoms with E-state index in [1.807, 2.05) is 31.2 Å². The van der Waals surface area contributed by atoms with Gasteiger partial charge >= 0.3 is 0 Å². The first-order valence-corrected chi connectivity index (χ1v) is 10.3. The van der Waals surface area contributed by atoms with Crippen molar-refractivity contribution in [1.29, 1.82) is 5.26 Å². The van der Waals surface area contributed by atoms with Crippen molar-refractivity contribution < 1.29 is 9.84 Å². The second kappa shape index (κ2) is 11.9. The lowest BCUT2D eigenvalue weighted by molar-refractivity contribution is 0.144. The maximum Gasteiger partial charge on any atom is 0.119 e. The number of benzene rings is 1. The van der Waals surface area contributed by atoms with Gasteiger partial charge in [0.15, 0.2) is 0 Å². The SMILES string of the molecule is C=CC(C)C(O)c1sc(Nc2ccc(OC)cc2)c(C#N)c1N.CCC=C(C)C. The first-order valence-electron chi connectivity index (χ1n) is 9.46.